The number of aromatic carboxylic acids is 1. The Bertz CT molecular complexity index is 1200. The maximum Gasteiger partial charge on any atom is 0.275 e. The van der Waals surface area contributed by atoms with Crippen molar-refractivity contribution in [2.75, 3.05) is 6.61 Å². The number of carboxylic acid groups (broad SMARTS) is 1. The zero-order valence-corrected chi connectivity index (χ0v) is 16.9. The largest absolute Gasteiger partial charge is 0.543 e. The van der Waals surface area contributed by atoms with Gasteiger partial charge in [-0.2, -0.15) is 5.10 Å². The van der Waals surface area contributed by atoms with Gasteiger partial charge in [0.2, 0.25) is 0 Å². The van der Waals surface area contributed by atoms with E-state index in [1.807, 2.05) is 18.4 Å². The van der Waals surface area contributed by atoms with Crippen molar-refractivity contribution in [2.24, 2.45) is 0 Å². The predicted octanol–water partition coefficient (Wildman–Crippen LogP) is 1.24. The van der Waals surface area contributed by atoms with Crippen molar-refractivity contribution in [1.29, 1.82) is 0 Å². The molecule has 0 amide bonds. The van der Waals surface area contributed by atoms with Crippen molar-refractivity contribution in [3.8, 4) is 0 Å². The van der Waals surface area contributed by atoms with Gasteiger partial charge in [0.05, 0.1) is 17.5 Å². The third kappa shape index (κ3) is 3.54. The number of hydrogen-bond acceptors (Lipinski definition) is 6. The lowest BCUT2D eigenvalue weighted by Crippen LogP contribution is -2.32. The van der Waals surface area contributed by atoms with Gasteiger partial charge in [0.25, 0.3) is 5.56 Å². The van der Waals surface area contributed by atoms with E-state index in [9.17, 15) is 19.5 Å². The smallest absolute Gasteiger partial charge is 0.275 e. The Morgan fingerprint density at radius 1 is 1.23 bits per heavy atom. The zero-order chi connectivity index (χ0) is 21.4. The van der Waals surface area contributed by atoms with E-state index in [1.54, 1.807) is 18.2 Å². The standard InChI is InChI=1S/C22H23N3O5/c1-13-10-18(14(2)24(13)11-15-6-5-9-30-15)19(26)12-25-21(27)17-8-4-3-7-16(17)20(23-25)22(28)29/h3-4,7-8,10,15H,5-6,9,11-12H2,1-2H3,(H,28,29)/p-1/t15-/m1/s1. The number of rotatable bonds is 6. The van der Waals surface area contributed by atoms with E-state index in [0.29, 0.717) is 12.1 Å². The molecule has 0 bridgehead atoms. The minimum Gasteiger partial charge on any atom is -0.543 e. The van der Waals surface area contributed by atoms with Gasteiger partial charge < -0.3 is 19.2 Å². The van der Waals surface area contributed by atoms with Crippen molar-refractivity contribution in [3.05, 3.63) is 63.3 Å². The molecule has 8 nitrogen and oxygen atoms in total. The molecule has 1 saturated heterocycles. The molecule has 2 aromatic heterocycles. The molecule has 3 heterocycles. The van der Waals surface area contributed by atoms with Crippen LogP contribution in [0.3, 0.4) is 0 Å². The van der Waals surface area contributed by atoms with Crippen molar-refractivity contribution < 1.29 is 19.4 Å². The van der Waals surface area contributed by atoms with Gasteiger partial charge in [0.15, 0.2) is 5.78 Å². The summed E-state index contributed by atoms with van der Waals surface area (Å²) in [5, 5.41) is 15.8. The number of benzene rings is 1. The third-order valence-electron chi connectivity index (χ3n) is 5.64. The van der Waals surface area contributed by atoms with Gasteiger partial charge in [-0.15, -0.1) is 0 Å². The molecule has 0 radical (unpaired) electrons. The molecule has 30 heavy (non-hydrogen) atoms. The first-order valence-corrected chi connectivity index (χ1v) is 9.89. The van der Waals surface area contributed by atoms with Crippen LogP contribution in [0.25, 0.3) is 10.8 Å². The van der Waals surface area contributed by atoms with Crippen molar-refractivity contribution in [3.63, 3.8) is 0 Å². The monoisotopic (exact) mass is 408 g/mol. The molecule has 0 saturated carbocycles. The molecule has 0 aliphatic carbocycles. The summed E-state index contributed by atoms with van der Waals surface area (Å²) in [6.07, 6.45) is 2.16. The Morgan fingerprint density at radius 3 is 2.63 bits per heavy atom. The van der Waals surface area contributed by atoms with Crippen molar-refractivity contribution >= 4 is 22.5 Å². The van der Waals surface area contributed by atoms with Gasteiger partial charge in [-0.25, -0.2) is 4.68 Å². The van der Waals surface area contributed by atoms with Crippen LogP contribution in [-0.4, -0.2) is 38.8 Å². The Kier molecular flexibility index (Phi) is 5.26. The van der Waals surface area contributed by atoms with Crippen LogP contribution in [0.5, 0.6) is 0 Å². The van der Waals surface area contributed by atoms with Crippen LogP contribution in [0.15, 0.2) is 35.1 Å². The number of ketones is 1. The van der Waals surface area contributed by atoms with Crippen LogP contribution >= 0.6 is 0 Å². The fraction of sp³-hybridized carbons (Fsp3) is 0.364. The number of Topliss-reactive ketones (excluding diaryl/α,β-unsaturated/α-hetero) is 1. The second kappa shape index (κ2) is 7.87. The van der Waals surface area contributed by atoms with Gasteiger partial charge in [-0.3, -0.25) is 9.59 Å². The molecule has 0 N–H and O–H groups in total. The summed E-state index contributed by atoms with van der Waals surface area (Å²) in [6, 6.07) is 8.06. The number of nitrogens with zero attached hydrogens (tertiary/aromatic N) is 3. The maximum atomic E-state index is 13.0. The number of fused-ring (bicyclic) bond motifs is 1. The highest BCUT2D eigenvalue weighted by molar-refractivity contribution is 6.01. The Labute approximate surface area is 172 Å². The van der Waals surface area contributed by atoms with E-state index in [0.717, 1.165) is 35.5 Å². The number of aryl methyl sites for hydroxylation is 1. The van der Waals surface area contributed by atoms with Gasteiger partial charge in [-0.1, -0.05) is 18.2 Å². The SMILES string of the molecule is Cc1cc(C(=O)Cn2nc(C(=O)[O-])c3ccccc3c2=O)c(C)n1C[C@H]1CCCO1. The topological polar surface area (TPSA) is 106 Å². The lowest BCUT2D eigenvalue weighted by Gasteiger charge is -2.15. The van der Waals surface area contributed by atoms with Crippen molar-refractivity contribution in [1.82, 2.24) is 14.3 Å². The number of ether oxygens (including phenoxy) is 1. The highest BCUT2D eigenvalue weighted by Crippen LogP contribution is 2.21. The minimum absolute atomic E-state index is 0.133. The Hall–Kier alpha value is -3.26. The molecule has 0 unspecified atom stereocenters. The molecule has 1 fully saturated rings. The Balaban J connectivity index is 1.68. The highest BCUT2D eigenvalue weighted by atomic mass is 16.5. The average Bonchev–Trinajstić information content (AvgIpc) is 3.33. The molecule has 156 valence electrons. The second-order valence-corrected chi connectivity index (χ2v) is 7.60. The molecular weight excluding hydrogens is 386 g/mol. The summed E-state index contributed by atoms with van der Waals surface area (Å²) in [7, 11) is 0. The van der Waals surface area contributed by atoms with E-state index in [4.69, 9.17) is 4.74 Å². The van der Waals surface area contributed by atoms with E-state index >= 15 is 0 Å². The quantitative estimate of drug-likeness (QED) is 0.568. The molecule has 8 heteroatoms. The molecule has 4 rings (SSSR count). The van der Waals surface area contributed by atoms with Gasteiger partial charge in [0, 0.05) is 35.5 Å². The van der Waals surface area contributed by atoms with Gasteiger partial charge in [0.1, 0.15) is 12.2 Å². The van der Waals surface area contributed by atoms with Crippen LogP contribution in [-0.2, 0) is 17.8 Å². The number of aromatic nitrogens is 3. The minimum atomic E-state index is -1.50. The van der Waals surface area contributed by atoms with Crippen LogP contribution in [0, 0.1) is 13.8 Å². The summed E-state index contributed by atoms with van der Waals surface area (Å²) >= 11 is 0. The molecule has 1 atom stereocenters. The van der Waals surface area contributed by atoms with E-state index in [1.165, 1.54) is 12.1 Å². The highest BCUT2D eigenvalue weighted by Gasteiger charge is 2.22. The number of carbonyl (C=O) groups is 2. The van der Waals surface area contributed by atoms with Crippen LogP contribution in [0.1, 0.15) is 45.1 Å². The Morgan fingerprint density at radius 2 is 1.97 bits per heavy atom. The first kappa shape index (κ1) is 20.0. The molecular formula is C22H22N3O5-. The second-order valence-electron chi connectivity index (χ2n) is 7.60. The third-order valence-corrected chi connectivity index (χ3v) is 5.64. The van der Waals surface area contributed by atoms with Crippen LogP contribution in [0.4, 0.5) is 0 Å². The number of carbonyl (C=O) groups excluding carboxylic acids is 2. The number of carboxylic acids is 1. The van der Waals surface area contributed by atoms with Gasteiger partial charge in [-0.05, 0) is 38.8 Å². The number of hydrogen-bond donors (Lipinski definition) is 0. The molecule has 1 aromatic carbocycles. The maximum absolute atomic E-state index is 13.0. The molecule has 1 aliphatic heterocycles. The molecule has 0 spiro atoms. The molecule has 3 aromatic rings. The summed E-state index contributed by atoms with van der Waals surface area (Å²) in [5.41, 5.74) is 1.34. The average molecular weight is 408 g/mol. The fourth-order valence-corrected chi connectivity index (χ4v) is 4.07. The van der Waals surface area contributed by atoms with E-state index in [2.05, 4.69) is 5.10 Å². The normalized spacial score (nSPS) is 16.3. The summed E-state index contributed by atoms with van der Waals surface area (Å²) < 4.78 is 8.65. The van der Waals surface area contributed by atoms with Gasteiger partial charge >= 0.3 is 0 Å². The first-order chi connectivity index (χ1) is 14.4. The van der Waals surface area contributed by atoms with Crippen molar-refractivity contribution in [2.45, 2.75) is 45.9 Å². The summed E-state index contributed by atoms with van der Waals surface area (Å²) in [6.45, 7) is 4.86. The predicted molar refractivity (Wildman–Crippen MR) is 108 cm³/mol. The lowest BCUT2D eigenvalue weighted by molar-refractivity contribution is -0.255. The lowest BCUT2D eigenvalue weighted by atomic mass is 10.1. The fourth-order valence-electron chi connectivity index (χ4n) is 4.07. The first-order valence-electron chi connectivity index (χ1n) is 9.89. The van der Waals surface area contributed by atoms with Crippen LogP contribution in [0.2, 0.25) is 0 Å². The summed E-state index contributed by atoms with van der Waals surface area (Å²) in [4.78, 5) is 37.3. The van der Waals surface area contributed by atoms with E-state index in [-0.39, 0.29) is 34.9 Å². The van der Waals surface area contributed by atoms with E-state index < -0.39 is 11.5 Å². The van der Waals surface area contributed by atoms with Crippen LogP contribution < -0.4 is 10.7 Å². The molecule has 1 aliphatic rings. The summed E-state index contributed by atoms with van der Waals surface area (Å²) in [5.74, 6) is -1.81. The zero-order valence-electron chi connectivity index (χ0n) is 16.9.